The van der Waals surface area contributed by atoms with E-state index in [1.165, 1.54) is 46.6 Å². The highest BCUT2D eigenvalue weighted by atomic mass is 16.7. The van der Waals surface area contributed by atoms with Gasteiger partial charge in [-0.3, -0.25) is 46.1 Å². The molecule has 0 saturated carbocycles. The highest BCUT2D eigenvalue weighted by molar-refractivity contribution is 6.31. The Kier molecular flexibility index (Phi) is 25.2. The lowest BCUT2D eigenvalue weighted by atomic mass is 9.65. The molecule has 0 radical (unpaired) electrons. The number of fused-ring (bicyclic) bond motifs is 5. The lowest BCUT2D eigenvalue weighted by Gasteiger charge is -2.43. The molecule has 96 heavy (non-hydrogen) atoms. The minimum atomic E-state index is -2.24. The van der Waals surface area contributed by atoms with Gasteiger partial charge >= 0.3 is 5.97 Å². The van der Waals surface area contributed by atoms with E-state index in [9.17, 15) is 59.7 Å². The molecule has 3 aliphatic heterocycles. The number of phenolic OH excluding ortho intramolecular Hbond substituents is 2. The number of ether oxygens (including phenoxy) is 10. The number of hydrazine groups is 2. The molecule has 15 N–H and O–H groups in total. The van der Waals surface area contributed by atoms with Crippen molar-refractivity contribution in [2.45, 2.75) is 133 Å². The summed E-state index contributed by atoms with van der Waals surface area (Å²) in [6.07, 6.45) is -3.22. The summed E-state index contributed by atoms with van der Waals surface area (Å²) in [6, 6.07) is 18.3. The number of carbonyl (C=O) groups is 5. The summed E-state index contributed by atoms with van der Waals surface area (Å²) < 4.78 is 56.7. The molecule has 3 heterocycles. The molecule has 5 aromatic rings. The number of hydrogen-bond acceptors (Lipinski definition) is 26. The molecule has 5 aromatic carbocycles. The number of phenols is 2. The van der Waals surface area contributed by atoms with Gasteiger partial charge in [0.05, 0.1) is 69.4 Å². The molecule has 11 rings (SSSR count). The molecule has 28 heteroatoms. The number of amides is 1. The largest absolute Gasteiger partial charge is 0.507 e. The van der Waals surface area contributed by atoms with Crippen molar-refractivity contribution >= 4 is 29.2 Å². The number of hydrogen-bond donors (Lipinski definition) is 13. The van der Waals surface area contributed by atoms with E-state index in [2.05, 4.69) is 21.6 Å². The van der Waals surface area contributed by atoms with Crippen LogP contribution in [0.3, 0.4) is 0 Å². The maximum Gasteiger partial charge on any atom is 0.307 e. The molecular weight excluding hydrogens is 1250 g/mol. The van der Waals surface area contributed by atoms with Gasteiger partial charge in [-0.05, 0) is 112 Å². The number of rotatable bonds is 19. The summed E-state index contributed by atoms with van der Waals surface area (Å²) >= 11 is 0. The molecule has 522 valence electrons. The second-order valence-corrected chi connectivity index (χ2v) is 24.0. The van der Waals surface area contributed by atoms with Crippen molar-refractivity contribution in [3.63, 3.8) is 0 Å². The second-order valence-electron chi connectivity index (χ2n) is 24.0. The van der Waals surface area contributed by atoms with Crippen LogP contribution < -0.4 is 61.6 Å². The average Bonchev–Trinajstić information content (AvgIpc) is 0.768. The summed E-state index contributed by atoms with van der Waals surface area (Å²) in [5.41, 5.74) is 14.7. The second kappa shape index (κ2) is 32.8. The highest BCUT2D eigenvalue weighted by Crippen LogP contribution is 2.55. The lowest BCUT2D eigenvalue weighted by molar-refractivity contribution is -0.281. The maximum absolute atomic E-state index is 13.8. The predicted molar refractivity (Wildman–Crippen MR) is 344 cm³/mol. The molecule has 0 aromatic heterocycles. The molecule has 1 amide bonds. The summed E-state index contributed by atoms with van der Waals surface area (Å²) in [7, 11) is 7.59. The van der Waals surface area contributed by atoms with E-state index < -0.39 is 138 Å². The zero-order chi connectivity index (χ0) is 69.9. The predicted octanol–water partition coefficient (Wildman–Crippen LogP) is 4.00. The van der Waals surface area contributed by atoms with Gasteiger partial charge in [-0.2, -0.15) is 0 Å². The zero-order valence-corrected chi connectivity index (χ0v) is 55.1. The molecular formula is C68H88N6O22. The highest BCUT2D eigenvalue weighted by Gasteiger charge is 2.52. The van der Waals surface area contributed by atoms with Gasteiger partial charge in [0.25, 0.3) is 5.91 Å². The normalized spacial score (nSPS) is 24.3. The van der Waals surface area contributed by atoms with Crippen LogP contribution in [0.2, 0.25) is 0 Å². The Hall–Kier alpha value is -8.07. The Bertz CT molecular complexity index is 3550. The van der Waals surface area contributed by atoms with Crippen molar-refractivity contribution in [1.82, 2.24) is 21.6 Å². The number of nitrogens with two attached hydrogens (primary N) is 2. The van der Waals surface area contributed by atoms with E-state index in [1.807, 2.05) is 52.1 Å². The van der Waals surface area contributed by atoms with Crippen molar-refractivity contribution < 1.29 is 107 Å². The number of aliphatic hydroxyl groups excluding tert-OH is 3. The summed E-state index contributed by atoms with van der Waals surface area (Å²) in [4.78, 5) is 64.3. The number of aliphatic hydroxyl groups is 4. The van der Waals surface area contributed by atoms with Crippen LogP contribution in [-0.2, 0) is 41.5 Å². The SMILES string of the molecule is CCNN.CNNCc1ccc(C(=O)NC(C)C)cc1.COc1cc([C@@H]2c3cc4c(cc3[C@H](O)[C@@H](CO)[C@@H]2C(=O)O)OCO4)cc(OC)c1OC.COc1cccc2c1C(=O)c1c(O)c3c(c(O)c1C2=O)C[C@@](O)(C(=O)CO)CC3O[C@H]1C[C@H](N)[C@H](O[C@@H]2CCCCO2)[C@H](C)O1. The average molecular weight is 1340 g/mol. The van der Waals surface area contributed by atoms with E-state index >= 15 is 0 Å². The molecule has 0 bridgehead atoms. The molecule has 11 atom stereocenters. The fraction of sp³-hybridized carbons (Fsp3) is 0.485. The Morgan fingerprint density at radius 3 is 2.02 bits per heavy atom. The van der Waals surface area contributed by atoms with E-state index in [0.717, 1.165) is 37.9 Å². The van der Waals surface area contributed by atoms with E-state index in [1.54, 1.807) is 31.2 Å². The molecule has 6 aliphatic rings. The van der Waals surface area contributed by atoms with Crippen LogP contribution in [0.5, 0.6) is 46.0 Å². The quantitative estimate of drug-likeness (QED) is 0.0309. The van der Waals surface area contributed by atoms with Crippen molar-refractivity contribution in [1.29, 1.82) is 0 Å². The first kappa shape index (κ1) is 73.7. The van der Waals surface area contributed by atoms with Crippen LogP contribution in [0, 0.1) is 11.8 Å². The number of Topliss-reactive ketones (excluding diaryl/α,β-unsaturated/α-hetero) is 1. The Balaban J connectivity index is 0.000000199. The van der Waals surface area contributed by atoms with Gasteiger partial charge in [0.2, 0.25) is 18.3 Å². The van der Waals surface area contributed by atoms with Gasteiger partial charge in [-0.15, -0.1) is 0 Å². The fourth-order valence-corrected chi connectivity index (χ4v) is 12.8. The van der Waals surface area contributed by atoms with Crippen LogP contribution >= 0.6 is 0 Å². The van der Waals surface area contributed by atoms with Crippen LogP contribution in [0.4, 0.5) is 0 Å². The third-order valence-electron chi connectivity index (χ3n) is 17.5. The molecule has 1 unspecified atom stereocenters. The summed E-state index contributed by atoms with van der Waals surface area (Å²) in [6.45, 7) is 8.30. The van der Waals surface area contributed by atoms with Crippen molar-refractivity contribution in [2.24, 2.45) is 23.4 Å². The third-order valence-corrected chi connectivity index (χ3v) is 17.5. The van der Waals surface area contributed by atoms with Crippen LogP contribution in [0.1, 0.15) is 154 Å². The zero-order valence-electron chi connectivity index (χ0n) is 55.1. The van der Waals surface area contributed by atoms with Gasteiger partial charge in [0, 0.05) is 91.7 Å². The van der Waals surface area contributed by atoms with Gasteiger partial charge in [-0.1, -0.05) is 31.2 Å². The number of ketones is 3. The number of carboxylic acid groups (broad SMARTS) is 1. The summed E-state index contributed by atoms with van der Waals surface area (Å²) in [5.74, 6) is -0.787. The molecule has 3 aliphatic carbocycles. The third kappa shape index (κ3) is 15.7. The standard InChI is InChI=1S/C32H37NO12.C22H24O9.C12H19N3O.C2H8N2/c1-14-31(45-21-8-3-4-9-42-21)17(33)10-22(43-14)44-19-12-32(40,20(35)13-34)11-16-24(19)30(39)26-25(28(16)37)27(36)15-6-5-7-18(41-2)23(15)29(26)38;1-27-16-4-10(5-17(28-2)21(16)29-3)18-11-6-14-15(31-9-30-14)7-12(11)20(24)13(8-23)19(18)22(25)26;1-9(2)15-12(16)11-6-4-10(5-7-11)8-14-13-3;1-2-4-3/h5-7,14,17,19,21-22,31,34,37,39-40H,3-4,8-13,33H2,1-2H3;4-7,13,18-20,23-24H,8-9H2,1-3H3,(H,25,26);4-7,9,13-14H,8H2,1-3H3,(H,15,16);4H,2-3H2,1H3/t14-,17-,19?,21+,22-,31+,32-;13-,18+,19-,20-;;/m00../s1. The van der Waals surface area contributed by atoms with Gasteiger partial charge < -0.3 is 94.2 Å². The lowest BCUT2D eigenvalue weighted by Crippen LogP contribution is -2.55. The number of aromatic hydroxyl groups is 2. The van der Waals surface area contributed by atoms with Crippen molar-refractivity contribution in [3.05, 3.63) is 128 Å². The minimum absolute atomic E-state index is 0.0249. The maximum atomic E-state index is 13.8. The first-order valence-electron chi connectivity index (χ1n) is 31.5. The van der Waals surface area contributed by atoms with E-state index in [-0.39, 0.29) is 53.2 Å². The number of methoxy groups -OCH3 is 4. The Morgan fingerprint density at radius 2 is 1.47 bits per heavy atom. The van der Waals surface area contributed by atoms with E-state index in [4.69, 9.17) is 58.9 Å². The number of carbonyl (C=O) groups excluding carboxylic acids is 4. The minimum Gasteiger partial charge on any atom is -0.507 e. The smallest absolute Gasteiger partial charge is 0.307 e. The summed E-state index contributed by atoms with van der Waals surface area (Å²) in [5, 5.41) is 78.1. The Morgan fingerprint density at radius 1 is 0.823 bits per heavy atom. The van der Waals surface area contributed by atoms with Crippen LogP contribution in [-0.4, -0.2) is 176 Å². The number of carboxylic acids is 1. The molecule has 28 nitrogen and oxygen atoms in total. The number of benzene rings is 5. The van der Waals surface area contributed by atoms with Crippen molar-refractivity contribution in [3.8, 4) is 46.0 Å². The van der Waals surface area contributed by atoms with Gasteiger partial charge in [0.15, 0.2) is 47.1 Å². The monoisotopic (exact) mass is 1340 g/mol. The first-order valence-corrected chi connectivity index (χ1v) is 31.5. The number of aliphatic carboxylic acids is 1. The van der Waals surface area contributed by atoms with Gasteiger partial charge in [0.1, 0.15) is 35.6 Å². The molecule has 2 fully saturated rings. The van der Waals surface area contributed by atoms with Crippen molar-refractivity contribution in [2.75, 3.05) is 68.6 Å². The first-order chi connectivity index (χ1) is 46.0. The Labute approximate surface area is 555 Å². The number of nitrogens with one attached hydrogen (secondary N) is 4. The topological polar surface area (TPSA) is 419 Å². The van der Waals surface area contributed by atoms with E-state index in [0.29, 0.717) is 57.6 Å². The molecule has 2 saturated heterocycles. The van der Waals surface area contributed by atoms with Crippen LogP contribution in [0.15, 0.2) is 66.7 Å². The van der Waals surface area contributed by atoms with Gasteiger partial charge in [-0.25, -0.2) is 0 Å². The van der Waals surface area contributed by atoms with Crippen LogP contribution in [0.25, 0.3) is 0 Å². The molecule has 0 spiro atoms. The fourth-order valence-electron chi connectivity index (χ4n) is 12.8.